The minimum absolute atomic E-state index is 0.506. The number of aromatic nitrogens is 1. The van der Waals surface area contributed by atoms with E-state index in [1.165, 1.54) is 67.6 Å². The molecule has 4 rings (SSSR count). The number of nitrogens with zero attached hydrogens (tertiary/aromatic N) is 3. The van der Waals surface area contributed by atoms with E-state index < -0.39 is 0 Å². The Morgan fingerprint density at radius 2 is 1.73 bits per heavy atom. The number of hydrogen-bond acceptors (Lipinski definition) is 3. The van der Waals surface area contributed by atoms with E-state index in [4.69, 9.17) is 4.98 Å². The molecule has 0 aliphatic carbocycles. The second kappa shape index (κ2) is 8.22. The summed E-state index contributed by atoms with van der Waals surface area (Å²) in [5, 5.41) is 0. The second-order valence-corrected chi connectivity index (χ2v) is 7.91. The lowest BCUT2D eigenvalue weighted by Gasteiger charge is -2.37. The van der Waals surface area contributed by atoms with E-state index in [1.54, 1.807) is 0 Å². The monoisotopic (exact) mass is 349 g/mol. The maximum absolute atomic E-state index is 4.88. The number of benzene rings is 1. The minimum Gasteiger partial charge on any atom is -0.357 e. The summed E-state index contributed by atoms with van der Waals surface area (Å²) in [4.78, 5) is 10.00. The molecular formula is C23H31N3. The van der Waals surface area contributed by atoms with Gasteiger partial charge in [0.2, 0.25) is 0 Å². The molecule has 3 nitrogen and oxygen atoms in total. The van der Waals surface area contributed by atoms with Gasteiger partial charge in [0.25, 0.3) is 0 Å². The largest absolute Gasteiger partial charge is 0.357 e. The fourth-order valence-corrected chi connectivity index (χ4v) is 4.55. The molecule has 1 aromatic heterocycles. The molecule has 1 unspecified atom stereocenters. The van der Waals surface area contributed by atoms with Crippen LogP contribution in [0, 0.1) is 6.92 Å². The number of aryl methyl sites for hydroxylation is 1. The zero-order valence-corrected chi connectivity index (χ0v) is 16.0. The maximum atomic E-state index is 4.88. The molecule has 0 amide bonds. The molecule has 0 spiro atoms. The number of piperidine rings is 2. The van der Waals surface area contributed by atoms with E-state index in [0.29, 0.717) is 6.04 Å². The van der Waals surface area contributed by atoms with Gasteiger partial charge in [-0.3, -0.25) is 4.90 Å². The number of likely N-dealkylation sites (tertiary alicyclic amines) is 1. The van der Waals surface area contributed by atoms with Crippen LogP contribution in [0.5, 0.6) is 0 Å². The lowest BCUT2D eigenvalue weighted by molar-refractivity contribution is 0.139. The van der Waals surface area contributed by atoms with Crippen LogP contribution in [0.1, 0.15) is 61.3 Å². The first kappa shape index (κ1) is 17.5. The molecule has 26 heavy (non-hydrogen) atoms. The van der Waals surface area contributed by atoms with Crippen molar-refractivity contribution in [3.63, 3.8) is 0 Å². The van der Waals surface area contributed by atoms with Gasteiger partial charge in [0.1, 0.15) is 5.82 Å². The fourth-order valence-electron chi connectivity index (χ4n) is 4.55. The van der Waals surface area contributed by atoms with Crippen molar-refractivity contribution >= 4 is 5.82 Å². The molecule has 138 valence electrons. The molecule has 2 aliphatic rings. The van der Waals surface area contributed by atoms with Gasteiger partial charge in [-0.2, -0.15) is 0 Å². The average Bonchev–Trinajstić information content (AvgIpc) is 2.70. The summed E-state index contributed by atoms with van der Waals surface area (Å²) in [7, 11) is 0. The molecule has 2 aromatic rings. The van der Waals surface area contributed by atoms with Crippen molar-refractivity contribution < 1.29 is 0 Å². The van der Waals surface area contributed by atoms with Crippen LogP contribution in [0.25, 0.3) is 0 Å². The highest BCUT2D eigenvalue weighted by Crippen LogP contribution is 2.34. The molecule has 1 atom stereocenters. The van der Waals surface area contributed by atoms with Crippen LogP contribution in [0.2, 0.25) is 0 Å². The van der Waals surface area contributed by atoms with Crippen molar-refractivity contribution in [3.8, 4) is 0 Å². The summed E-state index contributed by atoms with van der Waals surface area (Å²) in [5.41, 5.74) is 4.25. The Labute approximate surface area is 158 Å². The van der Waals surface area contributed by atoms with Gasteiger partial charge in [0.05, 0.1) is 0 Å². The molecule has 0 bridgehead atoms. The standard InChI is InChI=1S/C23H31N3/c1-19-16-23(25-13-7-3-8-14-25)24-17-21(19)22-12-6-9-15-26(22)18-20-10-4-2-5-11-20/h2,4-5,10-11,16-17,22H,3,6-9,12-15,18H2,1H3. The molecule has 1 aromatic carbocycles. The van der Waals surface area contributed by atoms with Gasteiger partial charge in [-0.1, -0.05) is 36.8 Å². The van der Waals surface area contributed by atoms with E-state index in [1.807, 2.05) is 0 Å². The van der Waals surface area contributed by atoms with Crippen molar-refractivity contribution in [2.75, 3.05) is 24.5 Å². The van der Waals surface area contributed by atoms with Crippen molar-refractivity contribution in [1.82, 2.24) is 9.88 Å². The molecule has 0 radical (unpaired) electrons. The highest BCUT2D eigenvalue weighted by atomic mass is 15.2. The summed E-state index contributed by atoms with van der Waals surface area (Å²) in [6.07, 6.45) is 10.0. The van der Waals surface area contributed by atoms with Gasteiger partial charge in [0, 0.05) is 31.9 Å². The lowest BCUT2D eigenvalue weighted by Crippen LogP contribution is -2.34. The highest BCUT2D eigenvalue weighted by molar-refractivity contribution is 5.44. The van der Waals surface area contributed by atoms with Crippen LogP contribution in [0.15, 0.2) is 42.6 Å². The normalized spacial score (nSPS) is 21.7. The summed E-state index contributed by atoms with van der Waals surface area (Å²) >= 11 is 0. The van der Waals surface area contributed by atoms with Gasteiger partial charge in [-0.25, -0.2) is 4.98 Å². The van der Waals surface area contributed by atoms with E-state index in [0.717, 1.165) is 19.6 Å². The van der Waals surface area contributed by atoms with Crippen molar-refractivity contribution in [1.29, 1.82) is 0 Å². The third kappa shape index (κ3) is 3.93. The predicted molar refractivity (Wildman–Crippen MR) is 108 cm³/mol. The zero-order valence-electron chi connectivity index (χ0n) is 16.0. The van der Waals surface area contributed by atoms with Crippen molar-refractivity contribution in [2.24, 2.45) is 0 Å². The van der Waals surface area contributed by atoms with Gasteiger partial charge < -0.3 is 4.90 Å². The summed E-state index contributed by atoms with van der Waals surface area (Å²) in [6, 6.07) is 13.7. The molecule has 0 saturated carbocycles. The number of pyridine rings is 1. The third-order valence-corrected chi connectivity index (χ3v) is 6.02. The van der Waals surface area contributed by atoms with Crippen LogP contribution in [0.3, 0.4) is 0 Å². The number of anilines is 1. The van der Waals surface area contributed by atoms with Gasteiger partial charge in [-0.15, -0.1) is 0 Å². The van der Waals surface area contributed by atoms with E-state index in [2.05, 4.69) is 59.3 Å². The van der Waals surface area contributed by atoms with Crippen LogP contribution >= 0.6 is 0 Å². The number of hydrogen-bond donors (Lipinski definition) is 0. The smallest absolute Gasteiger partial charge is 0.128 e. The topological polar surface area (TPSA) is 19.4 Å². The van der Waals surface area contributed by atoms with Crippen LogP contribution in [0.4, 0.5) is 5.82 Å². The maximum Gasteiger partial charge on any atom is 0.128 e. The van der Waals surface area contributed by atoms with E-state index >= 15 is 0 Å². The zero-order chi connectivity index (χ0) is 17.8. The molecule has 0 N–H and O–H groups in total. The molecule has 2 aliphatic heterocycles. The van der Waals surface area contributed by atoms with Crippen molar-refractivity contribution in [3.05, 3.63) is 59.3 Å². The Morgan fingerprint density at radius 3 is 2.50 bits per heavy atom. The van der Waals surface area contributed by atoms with Gasteiger partial charge >= 0.3 is 0 Å². The molecule has 2 saturated heterocycles. The van der Waals surface area contributed by atoms with Crippen LogP contribution in [-0.4, -0.2) is 29.5 Å². The Morgan fingerprint density at radius 1 is 0.962 bits per heavy atom. The summed E-state index contributed by atoms with van der Waals surface area (Å²) in [5.74, 6) is 1.18. The summed E-state index contributed by atoms with van der Waals surface area (Å²) < 4.78 is 0. The fraction of sp³-hybridized carbons (Fsp3) is 0.522. The second-order valence-electron chi connectivity index (χ2n) is 7.91. The third-order valence-electron chi connectivity index (χ3n) is 6.02. The first-order chi connectivity index (χ1) is 12.8. The molecule has 2 fully saturated rings. The van der Waals surface area contributed by atoms with Gasteiger partial charge in [0.15, 0.2) is 0 Å². The minimum atomic E-state index is 0.506. The molecular weight excluding hydrogens is 318 g/mol. The van der Waals surface area contributed by atoms with E-state index in [9.17, 15) is 0 Å². The van der Waals surface area contributed by atoms with Crippen LogP contribution < -0.4 is 4.90 Å². The Bertz CT molecular complexity index is 707. The Kier molecular flexibility index (Phi) is 5.54. The average molecular weight is 350 g/mol. The first-order valence-corrected chi connectivity index (χ1v) is 10.3. The summed E-state index contributed by atoms with van der Waals surface area (Å²) in [6.45, 7) is 6.83. The highest BCUT2D eigenvalue weighted by Gasteiger charge is 2.26. The Hall–Kier alpha value is -1.87. The number of rotatable bonds is 4. The first-order valence-electron chi connectivity index (χ1n) is 10.3. The lowest BCUT2D eigenvalue weighted by atomic mass is 9.93. The Balaban J connectivity index is 1.54. The van der Waals surface area contributed by atoms with Gasteiger partial charge in [-0.05, 0) is 68.3 Å². The molecule has 3 heteroatoms. The van der Waals surface area contributed by atoms with Crippen molar-refractivity contribution in [2.45, 2.75) is 58.0 Å². The molecule has 3 heterocycles. The van der Waals surface area contributed by atoms with Crippen LogP contribution in [-0.2, 0) is 6.54 Å². The van der Waals surface area contributed by atoms with E-state index in [-0.39, 0.29) is 0 Å². The predicted octanol–water partition coefficient (Wildman–Crippen LogP) is 5.11. The SMILES string of the molecule is Cc1cc(N2CCCCC2)ncc1C1CCCCN1Cc1ccccc1. The quantitative estimate of drug-likeness (QED) is 0.765.